The van der Waals surface area contributed by atoms with Gasteiger partial charge in [-0.25, -0.2) is 4.98 Å². The van der Waals surface area contributed by atoms with E-state index in [1.54, 1.807) is 17.0 Å². The molecule has 0 aliphatic carbocycles. The second kappa shape index (κ2) is 7.92. The second-order valence-electron chi connectivity index (χ2n) is 7.73. The van der Waals surface area contributed by atoms with Crippen molar-refractivity contribution in [1.82, 2.24) is 25.0 Å². The number of carbonyl (C=O) groups is 1. The van der Waals surface area contributed by atoms with E-state index in [0.717, 1.165) is 36.6 Å². The van der Waals surface area contributed by atoms with Gasteiger partial charge in [0.2, 0.25) is 0 Å². The van der Waals surface area contributed by atoms with E-state index in [-0.39, 0.29) is 5.91 Å². The van der Waals surface area contributed by atoms with Gasteiger partial charge in [0.05, 0.1) is 0 Å². The summed E-state index contributed by atoms with van der Waals surface area (Å²) in [4.78, 5) is 25.0. The lowest BCUT2D eigenvalue weighted by molar-refractivity contribution is 0.0584. The van der Waals surface area contributed by atoms with Gasteiger partial charge >= 0.3 is 0 Å². The number of carbonyl (C=O) groups excluding carboxylic acids is 1. The highest BCUT2D eigenvalue weighted by atomic mass is 16.3. The Labute approximate surface area is 170 Å². The molecule has 2 aromatic rings. The minimum atomic E-state index is -0.710. The van der Waals surface area contributed by atoms with Gasteiger partial charge in [-0.2, -0.15) is 0 Å². The van der Waals surface area contributed by atoms with E-state index < -0.39 is 6.35 Å². The molecule has 9 heteroatoms. The van der Waals surface area contributed by atoms with Crippen molar-refractivity contribution in [2.75, 3.05) is 56.1 Å². The van der Waals surface area contributed by atoms with Crippen molar-refractivity contribution in [3.05, 3.63) is 41.2 Å². The highest BCUT2D eigenvalue weighted by Crippen LogP contribution is 2.21. The molecule has 2 aliphatic rings. The van der Waals surface area contributed by atoms with E-state index in [2.05, 4.69) is 33.1 Å². The van der Waals surface area contributed by atoms with Crippen molar-refractivity contribution in [2.24, 2.45) is 0 Å². The fraction of sp³-hybridized carbons (Fsp3) is 0.500. The Morgan fingerprint density at radius 3 is 2.41 bits per heavy atom. The number of amides is 1. The van der Waals surface area contributed by atoms with Gasteiger partial charge in [0.25, 0.3) is 5.91 Å². The molecule has 4 rings (SSSR count). The number of aryl methyl sites for hydroxylation is 2. The smallest absolute Gasteiger partial charge is 0.274 e. The van der Waals surface area contributed by atoms with Crippen LogP contribution in [0.1, 0.15) is 21.6 Å². The Bertz CT molecular complexity index is 881. The van der Waals surface area contributed by atoms with Crippen LogP contribution in [-0.4, -0.2) is 88.7 Å². The summed E-state index contributed by atoms with van der Waals surface area (Å²) in [6.07, 6.45) is 1.17. The van der Waals surface area contributed by atoms with Gasteiger partial charge in [-0.05, 0) is 44.2 Å². The Balaban J connectivity index is 1.38. The molecule has 2 aromatic heterocycles. The first-order chi connectivity index (χ1) is 13.9. The number of aliphatic hydroxyl groups is 1. The van der Waals surface area contributed by atoms with Crippen LogP contribution in [0.5, 0.6) is 0 Å². The van der Waals surface area contributed by atoms with Crippen LogP contribution in [0.25, 0.3) is 0 Å². The molecule has 0 spiro atoms. The molecule has 9 nitrogen and oxygen atoms in total. The van der Waals surface area contributed by atoms with E-state index in [9.17, 15) is 9.90 Å². The van der Waals surface area contributed by atoms with Crippen molar-refractivity contribution < 1.29 is 9.90 Å². The zero-order valence-corrected chi connectivity index (χ0v) is 17.1. The minimum absolute atomic E-state index is 0.114. The van der Waals surface area contributed by atoms with Crippen molar-refractivity contribution in [3.63, 3.8) is 0 Å². The van der Waals surface area contributed by atoms with Crippen molar-refractivity contribution in [3.8, 4) is 0 Å². The summed E-state index contributed by atoms with van der Waals surface area (Å²) in [6, 6.07) is 5.57. The maximum Gasteiger partial charge on any atom is 0.274 e. The van der Waals surface area contributed by atoms with Crippen LogP contribution in [0.15, 0.2) is 24.4 Å². The van der Waals surface area contributed by atoms with E-state index in [1.165, 1.54) is 0 Å². The number of anilines is 2. The molecular formula is C20H27N7O2. The van der Waals surface area contributed by atoms with Crippen LogP contribution in [0.4, 0.5) is 11.6 Å². The molecule has 2 saturated heterocycles. The summed E-state index contributed by atoms with van der Waals surface area (Å²) in [6.45, 7) is 8.24. The minimum Gasteiger partial charge on any atom is -0.361 e. The Hall–Kier alpha value is -2.78. The number of hydrogen-bond acceptors (Lipinski definition) is 8. The third-order valence-corrected chi connectivity index (χ3v) is 5.58. The predicted molar refractivity (Wildman–Crippen MR) is 110 cm³/mol. The summed E-state index contributed by atoms with van der Waals surface area (Å²) in [5.74, 6) is 1.45. The first kappa shape index (κ1) is 19.5. The van der Waals surface area contributed by atoms with Gasteiger partial charge in [-0.1, -0.05) is 6.07 Å². The highest BCUT2D eigenvalue weighted by molar-refractivity contribution is 5.92. The zero-order chi connectivity index (χ0) is 20.5. The molecule has 2 aliphatic heterocycles. The average Bonchev–Trinajstić information content (AvgIpc) is 3.06. The van der Waals surface area contributed by atoms with E-state index >= 15 is 0 Å². The van der Waals surface area contributed by atoms with Crippen LogP contribution in [0, 0.1) is 13.8 Å². The standard InChI is InChI=1S/C20H27N7O2/c1-14-12-15(2)18(21-13-14)25-7-9-26(10-8-25)19(28)16-4-5-17(23-22-16)27-11-6-24(3)20(27)29/h4-5,12-13,20,29H,6-11H2,1-3H3. The topological polar surface area (TPSA) is 88.9 Å². The maximum absolute atomic E-state index is 12.8. The molecule has 2 fully saturated rings. The van der Waals surface area contributed by atoms with Gasteiger partial charge in [0.15, 0.2) is 17.9 Å². The average molecular weight is 397 g/mol. The number of aromatic nitrogens is 3. The SMILES string of the molecule is Cc1cnc(N2CCN(C(=O)c3ccc(N4CCN(C)C4O)nn3)CC2)c(C)c1. The molecule has 29 heavy (non-hydrogen) atoms. The number of nitrogens with zero attached hydrogens (tertiary/aromatic N) is 7. The number of pyridine rings is 1. The monoisotopic (exact) mass is 397 g/mol. The molecule has 4 heterocycles. The maximum atomic E-state index is 12.8. The van der Waals surface area contributed by atoms with Crippen LogP contribution >= 0.6 is 0 Å². The summed E-state index contributed by atoms with van der Waals surface area (Å²) < 4.78 is 0. The highest BCUT2D eigenvalue weighted by Gasteiger charge is 2.29. The molecule has 1 amide bonds. The number of likely N-dealkylation sites (N-methyl/N-ethyl adjacent to an activating group) is 1. The number of piperazine rings is 1. The largest absolute Gasteiger partial charge is 0.361 e. The van der Waals surface area contributed by atoms with Gasteiger partial charge in [0, 0.05) is 45.5 Å². The second-order valence-corrected chi connectivity index (χ2v) is 7.73. The lowest BCUT2D eigenvalue weighted by Crippen LogP contribution is -2.49. The number of aliphatic hydroxyl groups excluding tert-OH is 1. The fourth-order valence-electron chi connectivity index (χ4n) is 3.88. The van der Waals surface area contributed by atoms with Gasteiger partial charge in [-0.15, -0.1) is 10.2 Å². The third-order valence-electron chi connectivity index (χ3n) is 5.58. The Morgan fingerprint density at radius 1 is 1.07 bits per heavy atom. The molecule has 154 valence electrons. The Kier molecular flexibility index (Phi) is 5.33. The molecule has 0 radical (unpaired) electrons. The Morgan fingerprint density at radius 2 is 1.83 bits per heavy atom. The number of rotatable bonds is 3. The fourth-order valence-corrected chi connectivity index (χ4v) is 3.88. The van der Waals surface area contributed by atoms with Crippen molar-refractivity contribution >= 4 is 17.5 Å². The first-order valence-corrected chi connectivity index (χ1v) is 9.90. The van der Waals surface area contributed by atoms with Crippen LogP contribution in [-0.2, 0) is 0 Å². The quantitative estimate of drug-likeness (QED) is 0.800. The van der Waals surface area contributed by atoms with Crippen molar-refractivity contribution in [1.29, 1.82) is 0 Å². The molecule has 1 unspecified atom stereocenters. The van der Waals surface area contributed by atoms with E-state index in [0.29, 0.717) is 31.1 Å². The van der Waals surface area contributed by atoms with Crippen molar-refractivity contribution in [2.45, 2.75) is 20.2 Å². The molecule has 0 saturated carbocycles. The summed E-state index contributed by atoms with van der Waals surface area (Å²) in [5, 5.41) is 18.4. The van der Waals surface area contributed by atoms with Crippen LogP contribution in [0.3, 0.4) is 0 Å². The summed E-state index contributed by atoms with van der Waals surface area (Å²) in [7, 11) is 1.85. The molecular weight excluding hydrogens is 370 g/mol. The van der Waals surface area contributed by atoms with Gasteiger partial charge in [-0.3, -0.25) is 9.69 Å². The lowest BCUT2D eigenvalue weighted by Gasteiger charge is -2.35. The molecule has 0 aromatic carbocycles. The number of hydrogen-bond donors (Lipinski definition) is 1. The van der Waals surface area contributed by atoms with Crippen LogP contribution < -0.4 is 9.80 Å². The first-order valence-electron chi connectivity index (χ1n) is 9.90. The zero-order valence-electron chi connectivity index (χ0n) is 17.1. The molecule has 1 atom stereocenters. The predicted octanol–water partition coefficient (Wildman–Crippen LogP) is 0.479. The lowest BCUT2D eigenvalue weighted by atomic mass is 10.2. The third kappa shape index (κ3) is 3.88. The van der Waals surface area contributed by atoms with Gasteiger partial charge in [0.1, 0.15) is 5.82 Å². The van der Waals surface area contributed by atoms with Crippen LogP contribution in [0.2, 0.25) is 0 Å². The summed E-state index contributed by atoms with van der Waals surface area (Å²) >= 11 is 0. The molecule has 1 N–H and O–H groups in total. The van der Waals surface area contributed by atoms with Gasteiger partial charge < -0.3 is 19.8 Å². The normalized spacial score (nSPS) is 20.4. The summed E-state index contributed by atoms with van der Waals surface area (Å²) in [5.41, 5.74) is 2.63. The van der Waals surface area contributed by atoms with E-state index in [4.69, 9.17) is 0 Å². The van der Waals surface area contributed by atoms with E-state index in [1.807, 2.05) is 30.0 Å². The molecule has 0 bridgehead atoms.